The third kappa shape index (κ3) is 2.27. The molecule has 0 radical (unpaired) electrons. The van der Waals surface area contributed by atoms with Crippen LogP contribution in [0.3, 0.4) is 0 Å². The number of nitrogens with zero attached hydrogens (tertiary/aromatic N) is 3. The van der Waals surface area contributed by atoms with Crippen molar-refractivity contribution in [2.45, 2.75) is 25.1 Å². The number of hydrogen-bond acceptors (Lipinski definition) is 1. The number of imidazole rings is 1. The van der Waals surface area contributed by atoms with E-state index in [4.69, 9.17) is 6.57 Å². The lowest BCUT2D eigenvalue weighted by atomic mass is 10.2. The first-order valence-electron chi connectivity index (χ1n) is 6.13. The van der Waals surface area contributed by atoms with Crippen LogP contribution in [0, 0.1) is 6.57 Å². The van der Waals surface area contributed by atoms with Gasteiger partial charge < -0.3 is 4.57 Å². The van der Waals surface area contributed by atoms with E-state index in [1.54, 1.807) is 28.8 Å². The summed E-state index contributed by atoms with van der Waals surface area (Å²) >= 11 is 0. The van der Waals surface area contributed by atoms with Gasteiger partial charge in [0, 0.05) is 17.8 Å². The summed E-state index contributed by atoms with van der Waals surface area (Å²) in [6.45, 7) is 6.88. The quantitative estimate of drug-likeness (QED) is 0.743. The van der Waals surface area contributed by atoms with Crippen LogP contribution in [0.4, 0.5) is 18.9 Å². The molecule has 1 aliphatic rings. The number of halogens is 3. The molecule has 3 nitrogen and oxygen atoms in total. The van der Waals surface area contributed by atoms with E-state index >= 15 is 0 Å². The van der Waals surface area contributed by atoms with Gasteiger partial charge in [0.25, 0.3) is 0 Å². The van der Waals surface area contributed by atoms with Crippen LogP contribution in [0.25, 0.3) is 16.2 Å². The predicted molar refractivity (Wildman–Crippen MR) is 67.2 cm³/mol. The Morgan fingerprint density at radius 3 is 2.35 bits per heavy atom. The Morgan fingerprint density at radius 2 is 1.85 bits per heavy atom. The van der Waals surface area contributed by atoms with E-state index in [0.717, 1.165) is 19.0 Å². The van der Waals surface area contributed by atoms with Gasteiger partial charge in [-0.2, -0.15) is 13.2 Å². The zero-order valence-electron chi connectivity index (χ0n) is 10.4. The maximum absolute atomic E-state index is 12.8. The molecule has 3 rings (SSSR count). The van der Waals surface area contributed by atoms with Gasteiger partial charge in [-0.1, -0.05) is 24.3 Å². The molecule has 0 atom stereocenters. The minimum atomic E-state index is -4.44. The molecule has 0 bridgehead atoms. The fourth-order valence-corrected chi connectivity index (χ4v) is 2.06. The molecule has 0 aliphatic heterocycles. The first-order chi connectivity index (χ1) is 9.49. The number of rotatable bonds is 2. The molecule has 20 heavy (non-hydrogen) atoms. The molecule has 0 saturated heterocycles. The molecule has 0 N–H and O–H groups in total. The fourth-order valence-electron chi connectivity index (χ4n) is 2.06. The summed E-state index contributed by atoms with van der Waals surface area (Å²) in [4.78, 5) is 6.99. The van der Waals surface area contributed by atoms with Crippen molar-refractivity contribution in [3.8, 4) is 11.4 Å². The largest absolute Gasteiger partial charge is 0.434 e. The smallest absolute Gasteiger partial charge is 0.327 e. The van der Waals surface area contributed by atoms with Crippen molar-refractivity contribution in [1.29, 1.82) is 0 Å². The number of hydrogen-bond donors (Lipinski definition) is 0. The Hall–Kier alpha value is -2.29. The summed E-state index contributed by atoms with van der Waals surface area (Å²) in [5.74, 6) is 0.316. The summed E-state index contributed by atoms with van der Waals surface area (Å²) in [7, 11) is 0. The molecule has 1 heterocycles. The van der Waals surface area contributed by atoms with Crippen LogP contribution >= 0.6 is 0 Å². The van der Waals surface area contributed by atoms with Crippen LogP contribution in [0.5, 0.6) is 0 Å². The van der Waals surface area contributed by atoms with E-state index in [2.05, 4.69) is 9.83 Å². The van der Waals surface area contributed by atoms with Crippen molar-refractivity contribution in [1.82, 2.24) is 9.55 Å². The highest BCUT2D eigenvalue weighted by Crippen LogP contribution is 2.41. The van der Waals surface area contributed by atoms with Gasteiger partial charge in [-0.25, -0.2) is 9.83 Å². The van der Waals surface area contributed by atoms with Crippen LogP contribution in [-0.2, 0) is 6.18 Å². The number of alkyl halides is 3. The molecule has 102 valence electrons. The molecule has 0 spiro atoms. The first kappa shape index (κ1) is 12.7. The summed E-state index contributed by atoms with van der Waals surface area (Å²) in [6, 6.07) is 6.54. The van der Waals surface area contributed by atoms with Gasteiger partial charge in [0.15, 0.2) is 11.4 Å². The topological polar surface area (TPSA) is 22.2 Å². The molecule has 2 aromatic rings. The Bertz CT molecular complexity index is 673. The molecule has 1 fully saturated rings. The van der Waals surface area contributed by atoms with E-state index in [-0.39, 0.29) is 6.04 Å². The van der Waals surface area contributed by atoms with Crippen LogP contribution in [0.1, 0.15) is 24.6 Å². The van der Waals surface area contributed by atoms with E-state index in [1.807, 2.05) is 0 Å². The van der Waals surface area contributed by atoms with Crippen molar-refractivity contribution >= 4 is 5.69 Å². The van der Waals surface area contributed by atoms with E-state index in [1.165, 1.54) is 0 Å². The van der Waals surface area contributed by atoms with Crippen molar-refractivity contribution in [2.24, 2.45) is 0 Å². The standard InChI is InChI=1S/C14H10F3N3/c1-18-10-4-2-9(3-5-10)13-19-12(14(15,16)17)8-20(13)11-6-7-11/h2-5,8,11H,6-7H2. The summed E-state index contributed by atoms with van der Waals surface area (Å²) in [5.41, 5.74) is 0.183. The zero-order valence-corrected chi connectivity index (χ0v) is 10.4. The Morgan fingerprint density at radius 1 is 1.20 bits per heavy atom. The molecular weight excluding hydrogens is 267 g/mol. The second kappa shape index (κ2) is 4.37. The molecule has 1 aromatic carbocycles. The monoisotopic (exact) mass is 277 g/mol. The lowest BCUT2D eigenvalue weighted by Gasteiger charge is -2.05. The second-order valence-electron chi connectivity index (χ2n) is 4.74. The average Bonchev–Trinajstić information content (AvgIpc) is 3.16. The lowest BCUT2D eigenvalue weighted by Crippen LogP contribution is -2.05. The second-order valence-corrected chi connectivity index (χ2v) is 4.74. The van der Waals surface area contributed by atoms with Crippen molar-refractivity contribution in [3.63, 3.8) is 0 Å². The Balaban J connectivity index is 2.07. The molecule has 6 heteroatoms. The van der Waals surface area contributed by atoms with Crippen LogP contribution in [-0.4, -0.2) is 9.55 Å². The van der Waals surface area contributed by atoms with Crippen molar-refractivity contribution < 1.29 is 13.2 Å². The summed E-state index contributed by atoms with van der Waals surface area (Å²) in [6.07, 6.45) is -1.61. The SMILES string of the molecule is [C-]#[N+]c1ccc(-c2nc(C(F)(F)F)cn2C2CC2)cc1. The third-order valence-electron chi connectivity index (χ3n) is 3.22. The van der Waals surface area contributed by atoms with Gasteiger partial charge >= 0.3 is 6.18 Å². The first-order valence-corrected chi connectivity index (χ1v) is 6.13. The fraction of sp³-hybridized carbons (Fsp3) is 0.286. The maximum Gasteiger partial charge on any atom is 0.434 e. The van der Waals surface area contributed by atoms with E-state index < -0.39 is 11.9 Å². The molecule has 1 saturated carbocycles. The highest BCUT2D eigenvalue weighted by molar-refractivity contribution is 5.61. The van der Waals surface area contributed by atoms with Gasteiger partial charge in [-0.3, -0.25) is 0 Å². The van der Waals surface area contributed by atoms with Crippen LogP contribution < -0.4 is 0 Å². The zero-order chi connectivity index (χ0) is 14.3. The average molecular weight is 277 g/mol. The molecule has 0 amide bonds. The van der Waals surface area contributed by atoms with Crippen LogP contribution in [0.15, 0.2) is 30.5 Å². The van der Waals surface area contributed by atoms with Gasteiger partial charge in [0.05, 0.1) is 6.57 Å². The van der Waals surface area contributed by atoms with Crippen LogP contribution in [0.2, 0.25) is 0 Å². The predicted octanol–water partition coefficient (Wildman–Crippen LogP) is 4.45. The molecular formula is C14H10F3N3. The van der Waals surface area contributed by atoms with E-state index in [0.29, 0.717) is 17.1 Å². The van der Waals surface area contributed by atoms with Gasteiger partial charge in [-0.15, -0.1) is 0 Å². The molecule has 1 aromatic heterocycles. The van der Waals surface area contributed by atoms with Gasteiger partial charge in [0.2, 0.25) is 0 Å². The summed E-state index contributed by atoms with van der Waals surface area (Å²) < 4.78 is 39.9. The highest BCUT2D eigenvalue weighted by atomic mass is 19.4. The van der Waals surface area contributed by atoms with Gasteiger partial charge in [0.1, 0.15) is 5.82 Å². The number of benzene rings is 1. The van der Waals surface area contributed by atoms with E-state index in [9.17, 15) is 13.2 Å². The molecule has 1 aliphatic carbocycles. The minimum absolute atomic E-state index is 0.106. The van der Waals surface area contributed by atoms with Gasteiger partial charge in [-0.05, 0) is 12.8 Å². The normalized spacial score (nSPS) is 15.1. The Labute approximate surface area is 113 Å². The molecule has 0 unspecified atom stereocenters. The maximum atomic E-state index is 12.8. The van der Waals surface area contributed by atoms with Crippen molar-refractivity contribution in [2.75, 3.05) is 0 Å². The lowest BCUT2D eigenvalue weighted by molar-refractivity contribution is -0.140. The minimum Gasteiger partial charge on any atom is -0.327 e. The highest BCUT2D eigenvalue weighted by Gasteiger charge is 2.37. The Kier molecular flexibility index (Phi) is 2.78. The number of aromatic nitrogens is 2. The van der Waals surface area contributed by atoms with Crippen molar-refractivity contribution in [3.05, 3.63) is 47.6 Å². The third-order valence-corrected chi connectivity index (χ3v) is 3.22. The summed E-state index contributed by atoms with van der Waals surface area (Å²) in [5, 5.41) is 0.